The molecule has 1 N–H and O–H groups in total. The van der Waals surface area contributed by atoms with Crippen LogP contribution in [0.5, 0.6) is 11.8 Å². The number of aromatic nitrogens is 4. The fourth-order valence-corrected chi connectivity index (χ4v) is 5.51. The van der Waals surface area contributed by atoms with Crippen LogP contribution in [0.15, 0.2) is 40.9 Å². The quantitative estimate of drug-likeness (QED) is 0.109. The van der Waals surface area contributed by atoms with E-state index in [9.17, 15) is 17.6 Å². The number of ether oxygens (including phenoxy) is 2. The molecule has 8 nitrogen and oxygen atoms in total. The summed E-state index contributed by atoms with van der Waals surface area (Å²) in [5, 5.41) is 6.54. The van der Waals surface area contributed by atoms with E-state index in [1.165, 1.54) is 19.2 Å². The van der Waals surface area contributed by atoms with Crippen molar-refractivity contribution < 1.29 is 31.6 Å². The van der Waals surface area contributed by atoms with Crippen LogP contribution in [0.3, 0.4) is 0 Å². The van der Waals surface area contributed by atoms with E-state index in [-0.39, 0.29) is 41.0 Å². The highest BCUT2D eigenvalue weighted by molar-refractivity contribution is 5.46. The minimum absolute atomic E-state index is 0.0158. The van der Waals surface area contributed by atoms with Crippen molar-refractivity contribution in [3.8, 4) is 23.4 Å². The van der Waals surface area contributed by atoms with Crippen molar-refractivity contribution in [1.29, 1.82) is 0 Å². The van der Waals surface area contributed by atoms with Gasteiger partial charge in [-0.15, -0.1) is 6.58 Å². The Morgan fingerprint density at radius 2 is 1.65 bits per heavy atom. The van der Waals surface area contributed by atoms with Crippen molar-refractivity contribution >= 4 is 0 Å². The molecular formula is C34H47F4N5O3. The maximum Gasteiger partial charge on any atom is 0.260 e. The van der Waals surface area contributed by atoms with Gasteiger partial charge in [-0.1, -0.05) is 44.0 Å². The van der Waals surface area contributed by atoms with Gasteiger partial charge in [0.05, 0.1) is 18.0 Å². The van der Waals surface area contributed by atoms with E-state index in [1.54, 1.807) is 27.7 Å². The average Bonchev–Trinajstić information content (AvgIpc) is 3.44. The Bertz CT molecular complexity index is 1430. The van der Waals surface area contributed by atoms with Gasteiger partial charge in [-0.25, -0.2) is 17.6 Å². The zero-order valence-corrected chi connectivity index (χ0v) is 28.1. The first-order valence-corrected chi connectivity index (χ1v) is 15.7. The van der Waals surface area contributed by atoms with Gasteiger partial charge in [-0.3, -0.25) is 0 Å². The number of nitrogens with zero attached hydrogens (tertiary/aromatic N) is 4. The van der Waals surface area contributed by atoms with Crippen LogP contribution in [0.2, 0.25) is 0 Å². The Labute approximate surface area is 269 Å². The van der Waals surface area contributed by atoms with Gasteiger partial charge in [-0.05, 0) is 78.0 Å². The third-order valence-electron chi connectivity index (χ3n) is 7.85. The fourth-order valence-electron chi connectivity index (χ4n) is 5.51. The second-order valence-electron chi connectivity index (χ2n) is 12.9. The minimum Gasteiger partial charge on any atom is -0.474 e. The van der Waals surface area contributed by atoms with Crippen LogP contribution in [-0.4, -0.2) is 51.8 Å². The molecule has 0 fully saturated rings. The third-order valence-corrected chi connectivity index (χ3v) is 7.85. The molecule has 254 valence electrons. The van der Waals surface area contributed by atoms with Crippen molar-refractivity contribution in [1.82, 2.24) is 25.4 Å². The number of alkyl halides is 2. The Balaban J connectivity index is 1.99. The molecule has 0 aliphatic rings. The van der Waals surface area contributed by atoms with E-state index in [4.69, 9.17) is 14.0 Å². The minimum atomic E-state index is -2.92. The number of hydrogen-bond donors (Lipinski definition) is 1. The standard InChI is InChI=1S/C34H47F4N5O3/c1-10-12-24(16-21(4)15-20(2)3)45-28-17-27(44-23(6)22(5)18-34(37,38)19-39-9)40-30(41-28)31-42-32(46-43-31)33(7,8)29-25(35)13-11-14-26(29)36/h11,13-14,17,21-24,39H,2,10,12,15-16,18-19H2,1,3-9H3/t21-,22+,23+,24+/m1/s1. The van der Waals surface area contributed by atoms with Crippen molar-refractivity contribution in [3.05, 3.63) is 59.5 Å². The molecule has 0 radical (unpaired) electrons. The maximum absolute atomic E-state index is 14.7. The SMILES string of the molecule is C=C(C)C[C@@H](C)C[C@H](CCC)Oc1cc(O[C@@H](C)[C@@H](C)CC(F)(F)CNC)nc(-c2noc(C(C)(C)c3c(F)cccc3F)n2)n1. The van der Waals surface area contributed by atoms with Crippen LogP contribution in [-0.2, 0) is 5.41 Å². The summed E-state index contributed by atoms with van der Waals surface area (Å²) in [7, 11) is 1.48. The van der Waals surface area contributed by atoms with E-state index in [0.29, 0.717) is 5.92 Å². The molecule has 4 atom stereocenters. The average molecular weight is 650 g/mol. The Morgan fingerprint density at radius 1 is 1.02 bits per heavy atom. The number of allylic oxidation sites excluding steroid dienone is 1. The summed E-state index contributed by atoms with van der Waals surface area (Å²) < 4.78 is 76.0. The highest BCUT2D eigenvalue weighted by atomic mass is 19.3. The van der Waals surface area contributed by atoms with Crippen molar-refractivity contribution in [3.63, 3.8) is 0 Å². The highest BCUT2D eigenvalue weighted by Gasteiger charge is 2.36. The maximum atomic E-state index is 14.7. The lowest BCUT2D eigenvalue weighted by Crippen LogP contribution is -2.35. The normalized spacial score (nSPS) is 14.9. The summed E-state index contributed by atoms with van der Waals surface area (Å²) in [6.07, 6.45) is 2.00. The molecule has 12 heteroatoms. The van der Waals surface area contributed by atoms with Crippen LogP contribution in [0.4, 0.5) is 17.6 Å². The molecule has 0 spiro atoms. The van der Waals surface area contributed by atoms with E-state index in [2.05, 4.69) is 45.9 Å². The van der Waals surface area contributed by atoms with Crippen LogP contribution in [0, 0.1) is 23.5 Å². The Kier molecular flexibility index (Phi) is 12.7. The molecule has 3 aromatic rings. The first-order chi connectivity index (χ1) is 21.6. The molecule has 0 bridgehead atoms. The molecule has 0 aliphatic carbocycles. The number of rotatable bonds is 18. The summed E-state index contributed by atoms with van der Waals surface area (Å²) >= 11 is 0. The third kappa shape index (κ3) is 9.98. The lowest BCUT2D eigenvalue weighted by Gasteiger charge is -2.26. The number of nitrogens with one attached hydrogen (secondary N) is 1. The van der Waals surface area contributed by atoms with E-state index >= 15 is 0 Å². The van der Waals surface area contributed by atoms with Gasteiger partial charge in [0, 0.05) is 12.0 Å². The fraction of sp³-hybridized carbons (Fsp3) is 0.588. The van der Waals surface area contributed by atoms with Gasteiger partial charge in [0.2, 0.25) is 29.3 Å². The molecule has 0 aliphatic heterocycles. The second-order valence-corrected chi connectivity index (χ2v) is 12.9. The lowest BCUT2D eigenvalue weighted by molar-refractivity contribution is -0.0323. The van der Waals surface area contributed by atoms with E-state index in [1.807, 2.05) is 6.92 Å². The topological polar surface area (TPSA) is 95.2 Å². The number of hydrogen-bond acceptors (Lipinski definition) is 8. The van der Waals surface area contributed by atoms with Gasteiger partial charge >= 0.3 is 0 Å². The van der Waals surface area contributed by atoms with Crippen LogP contribution < -0.4 is 14.8 Å². The molecule has 2 aromatic heterocycles. The van der Waals surface area contributed by atoms with Gasteiger partial charge < -0.3 is 19.3 Å². The predicted octanol–water partition coefficient (Wildman–Crippen LogP) is 8.32. The molecule has 0 unspecified atom stereocenters. The monoisotopic (exact) mass is 649 g/mol. The summed E-state index contributed by atoms with van der Waals surface area (Å²) in [4.78, 5) is 13.4. The Hall–Kier alpha value is -3.54. The number of benzene rings is 1. The molecule has 0 saturated heterocycles. The molecular weight excluding hydrogens is 602 g/mol. The molecule has 1 aromatic carbocycles. The van der Waals surface area contributed by atoms with Gasteiger partial charge in [-0.2, -0.15) is 15.0 Å². The van der Waals surface area contributed by atoms with Crippen LogP contribution in [0.25, 0.3) is 11.6 Å². The van der Waals surface area contributed by atoms with Gasteiger partial charge in [0.1, 0.15) is 23.8 Å². The zero-order chi connectivity index (χ0) is 34.2. The van der Waals surface area contributed by atoms with Crippen molar-refractivity contribution in [2.24, 2.45) is 11.8 Å². The van der Waals surface area contributed by atoms with Gasteiger partial charge in [0.25, 0.3) is 5.92 Å². The first-order valence-electron chi connectivity index (χ1n) is 15.7. The summed E-state index contributed by atoms with van der Waals surface area (Å²) in [6.45, 7) is 16.3. The highest BCUT2D eigenvalue weighted by Crippen LogP contribution is 2.35. The summed E-state index contributed by atoms with van der Waals surface area (Å²) in [6, 6.07) is 5.11. The van der Waals surface area contributed by atoms with E-state index in [0.717, 1.165) is 43.4 Å². The summed E-state index contributed by atoms with van der Waals surface area (Å²) in [5.74, 6) is -4.51. The molecule has 0 saturated carbocycles. The molecule has 46 heavy (non-hydrogen) atoms. The van der Waals surface area contributed by atoms with E-state index < -0.39 is 48.0 Å². The first kappa shape index (κ1) is 36.9. The summed E-state index contributed by atoms with van der Waals surface area (Å²) in [5.41, 5.74) is -0.476. The predicted molar refractivity (Wildman–Crippen MR) is 169 cm³/mol. The van der Waals surface area contributed by atoms with Crippen molar-refractivity contribution in [2.75, 3.05) is 13.6 Å². The molecule has 2 heterocycles. The smallest absolute Gasteiger partial charge is 0.260 e. The zero-order valence-electron chi connectivity index (χ0n) is 28.1. The van der Waals surface area contributed by atoms with Crippen molar-refractivity contribution in [2.45, 2.75) is 104 Å². The van der Waals surface area contributed by atoms with Gasteiger partial charge in [0.15, 0.2) is 0 Å². The Morgan fingerprint density at radius 3 is 2.24 bits per heavy atom. The lowest BCUT2D eigenvalue weighted by atomic mass is 9.83. The van der Waals surface area contributed by atoms with Crippen LogP contribution >= 0.6 is 0 Å². The second kappa shape index (κ2) is 15.8. The molecule has 3 rings (SSSR count). The molecule has 0 amide bonds. The number of halogens is 4. The largest absolute Gasteiger partial charge is 0.474 e. The van der Waals surface area contributed by atoms with Crippen LogP contribution in [0.1, 0.15) is 92.0 Å².